The van der Waals surface area contributed by atoms with E-state index in [4.69, 9.17) is 21.1 Å². The van der Waals surface area contributed by atoms with Gasteiger partial charge in [0, 0.05) is 23.2 Å². The highest BCUT2D eigenvalue weighted by molar-refractivity contribution is 6.30. The lowest BCUT2D eigenvalue weighted by atomic mass is 9.74. The third-order valence-electron chi connectivity index (χ3n) is 4.51. The Labute approximate surface area is 179 Å². The van der Waals surface area contributed by atoms with E-state index in [2.05, 4.69) is 10.6 Å². The highest BCUT2D eigenvalue weighted by atomic mass is 35.5. The number of amides is 2. The monoisotopic (exact) mass is 432 g/mol. The van der Waals surface area contributed by atoms with Gasteiger partial charge < -0.3 is 20.1 Å². The van der Waals surface area contributed by atoms with E-state index >= 15 is 0 Å². The molecule has 0 spiro atoms. The summed E-state index contributed by atoms with van der Waals surface area (Å²) in [5, 5.41) is 6.11. The number of halogens is 2. The molecule has 2 N–H and O–H groups in total. The fourth-order valence-corrected chi connectivity index (χ4v) is 3.09. The van der Waals surface area contributed by atoms with Crippen LogP contribution in [0.2, 0.25) is 5.02 Å². The van der Waals surface area contributed by atoms with Crippen molar-refractivity contribution >= 4 is 23.4 Å². The fourth-order valence-electron chi connectivity index (χ4n) is 2.96. The molecule has 0 saturated carbocycles. The fraction of sp³-hybridized carbons (Fsp3) is 0.273. The van der Waals surface area contributed by atoms with E-state index in [9.17, 15) is 14.0 Å². The highest BCUT2D eigenvalue weighted by Gasteiger charge is 2.39. The van der Waals surface area contributed by atoms with Crippen molar-refractivity contribution in [3.05, 3.63) is 71.1 Å². The van der Waals surface area contributed by atoms with Crippen molar-refractivity contribution in [1.29, 1.82) is 0 Å². The Morgan fingerprint density at radius 2 is 1.87 bits per heavy atom. The number of carbonyl (C=O) groups excluding carboxylic acids is 2. The van der Waals surface area contributed by atoms with Crippen molar-refractivity contribution in [1.82, 2.24) is 10.6 Å². The van der Waals surface area contributed by atoms with E-state index in [0.29, 0.717) is 28.6 Å². The average Bonchev–Trinajstić information content (AvgIpc) is 2.69. The van der Waals surface area contributed by atoms with Crippen LogP contribution in [-0.2, 0) is 9.59 Å². The summed E-state index contributed by atoms with van der Waals surface area (Å²) in [6, 6.07) is 12.5. The zero-order chi connectivity index (χ0) is 21.6. The Bertz CT molecular complexity index is 948. The molecule has 0 saturated heterocycles. The minimum absolute atomic E-state index is 0.140. The normalized spacial score (nSPS) is 17.4. The second-order valence-electron chi connectivity index (χ2n) is 7.12. The first-order chi connectivity index (χ1) is 14.3. The average molecular weight is 433 g/mol. The highest BCUT2D eigenvalue weighted by Crippen LogP contribution is 2.37. The second-order valence-corrected chi connectivity index (χ2v) is 7.55. The Morgan fingerprint density at radius 3 is 2.57 bits per heavy atom. The quantitative estimate of drug-likeness (QED) is 0.595. The van der Waals surface area contributed by atoms with E-state index in [-0.39, 0.29) is 37.4 Å². The van der Waals surface area contributed by atoms with Gasteiger partial charge in [-0.05, 0) is 49.4 Å². The minimum atomic E-state index is -0.696. The van der Waals surface area contributed by atoms with Gasteiger partial charge in [0.05, 0.1) is 12.0 Å². The number of allylic oxidation sites excluding steroid dienone is 1. The molecular weight excluding hydrogens is 411 g/mol. The molecule has 1 aliphatic carbocycles. The molecule has 1 unspecified atom stereocenters. The minimum Gasteiger partial charge on any atom is -0.492 e. The van der Waals surface area contributed by atoms with Gasteiger partial charge in [-0.25, -0.2) is 4.39 Å². The number of ether oxygens (including phenoxy) is 2. The number of nitrogens with one attached hydrogen (secondary N) is 2. The van der Waals surface area contributed by atoms with E-state index in [1.807, 2.05) is 0 Å². The number of benzene rings is 2. The maximum absolute atomic E-state index is 13.1. The number of carbonyl (C=O) groups is 2. The van der Waals surface area contributed by atoms with Gasteiger partial charge in [-0.15, -0.1) is 0 Å². The lowest BCUT2D eigenvalue weighted by Crippen LogP contribution is -2.46. The summed E-state index contributed by atoms with van der Waals surface area (Å²) >= 11 is 5.80. The Balaban J connectivity index is 1.37. The van der Waals surface area contributed by atoms with Crippen molar-refractivity contribution in [2.45, 2.75) is 13.3 Å². The number of hydrogen-bond acceptors (Lipinski definition) is 4. The van der Waals surface area contributed by atoms with Gasteiger partial charge in [-0.1, -0.05) is 17.7 Å². The van der Waals surface area contributed by atoms with Gasteiger partial charge in [0.15, 0.2) is 6.61 Å². The Hall–Kier alpha value is -3.06. The van der Waals surface area contributed by atoms with E-state index < -0.39 is 5.41 Å². The molecule has 2 aromatic rings. The van der Waals surface area contributed by atoms with Crippen LogP contribution in [0, 0.1) is 11.2 Å². The van der Waals surface area contributed by atoms with Gasteiger partial charge in [0.1, 0.15) is 23.9 Å². The van der Waals surface area contributed by atoms with E-state index in [0.717, 1.165) is 0 Å². The van der Waals surface area contributed by atoms with Crippen LogP contribution >= 0.6 is 11.6 Å². The topological polar surface area (TPSA) is 76.7 Å². The van der Waals surface area contributed by atoms with E-state index in [1.165, 1.54) is 12.1 Å². The van der Waals surface area contributed by atoms with Crippen LogP contribution in [-0.4, -0.2) is 31.6 Å². The molecule has 6 nitrogen and oxygen atoms in total. The van der Waals surface area contributed by atoms with Crippen LogP contribution in [0.5, 0.6) is 11.5 Å². The maximum Gasteiger partial charge on any atom is 0.262 e. The summed E-state index contributed by atoms with van der Waals surface area (Å²) in [4.78, 5) is 24.4. The maximum atomic E-state index is 13.1. The first kappa shape index (κ1) is 21.6. The number of rotatable bonds is 9. The van der Waals surface area contributed by atoms with Crippen LogP contribution in [0.25, 0.3) is 0 Å². The van der Waals surface area contributed by atoms with Gasteiger partial charge >= 0.3 is 0 Å². The van der Waals surface area contributed by atoms with Crippen molar-refractivity contribution < 1.29 is 23.5 Å². The molecule has 8 heteroatoms. The molecule has 0 bridgehead atoms. The predicted molar refractivity (Wildman–Crippen MR) is 111 cm³/mol. The predicted octanol–water partition coefficient (Wildman–Crippen LogP) is 3.46. The van der Waals surface area contributed by atoms with Gasteiger partial charge in [0.2, 0.25) is 5.91 Å². The first-order valence-electron chi connectivity index (χ1n) is 9.41. The summed E-state index contributed by atoms with van der Waals surface area (Å²) in [6.45, 7) is 2.16. The SMILES string of the molecule is CC1(C(=O)NCCOc2cccc(F)c2)C=C(NC(=O)COc2ccc(Cl)cc2)C1. The van der Waals surface area contributed by atoms with Gasteiger partial charge in [0.25, 0.3) is 5.91 Å². The molecule has 3 rings (SSSR count). The summed E-state index contributed by atoms with van der Waals surface area (Å²) < 4.78 is 23.9. The molecule has 0 fully saturated rings. The third kappa shape index (κ3) is 5.97. The van der Waals surface area contributed by atoms with Crippen LogP contribution < -0.4 is 20.1 Å². The summed E-state index contributed by atoms with van der Waals surface area (Å²) in [5.74, 6) is 0.103. The second kappa shape index (κ2) is 9.63. The molecule has 1 aliphatic rings. The molecule has 0 aliphatic heterocycles. The molecule has 2 amide bonds. The van der Waals surface area contributed by atoms with Crippen molar-refractivity contribution in [2.24, 2.45) is 5.41 Å². The molecule has 30 heavy (non-hydrogen) atoms. The van der Waals surface area contributed by atoms with Gasteiger partial charge in [-0.2, -0.15) is 0 Å². The summed E-state index contributed by atoms with van der Waals surface area (Å²) in [5.41, 5.74) is -0.0215. The number of hydrogen-bond donors (Lipinski definition) is 2. The van der Waals surface area contributed by atoms with Crippen molar-refractivity contribution in [2.75, 3.05) is 19.8 Å². The van der Waals surface area contributed by atoms with Crippen LogP contribution in [0.3, 0.4) is 0 Å². The zero-order valence-electron chi connectivity index (χ0n) is 16.4. The Morgan fingerprint density at radius 1 is 1.13 bits per heavy atom. The largest absolute Gasteiger partial charge is 0.492 e. The van der Waals surface area contributed by atoms with Gasteiger partial charge in [-0.3, -0.25) is 9.59 Å². The lowest BCUT2D eigenvalue weighted by molar-refractivity contribution is -0.129. The molecule has 2 aromatic carbocycles. The lowest BCUT2D eigenvalue weighted by Gasteiger charge is -2.35. The standard InChI is InChI=1S/C22H22ClFN2O4/c1-22(21(28)25-9-10-29-19-4-2-3-16(24)11-19)12-17(13-22)26-20(27)14-30-18-7-5-15(23)6-8-18/h2-8,11-12H,9-10,13-14H2,1H3,(H,25,28)(H,26,27). The molecule has 0 aromatic heterocycles. The van der Waals surface area contributed by atoms with Crippen LogP contribution in [0.1, 0.15) is 13.3 Å². The van der Waals surface area contributed by atoms with E-state index in [1.54, 1.807) is 49.4 Å². The Kier molecular flexibility index (Phi) is 6.95. The smallest absolute Gasteiger partial charge is 0.262 e. The molecule has 158 valence electrons. The molecular formula is C22H22ClFN2O4. The summed E-state index contributed by atoms with van der Waals surface area (Å²) in [6.07, 6.45) is 2.13. The third-order valence-corrected chi connectivity index (χ3v) is 4.76. The van der Waals surface area contributed by atoms with Crippen LogP contribution in [0.4, 0.5) is 4.39 Å². The van der Waals surface area contributed by atoms with Crippen LogP contribution in [0.15, 0.2) is 60.3 Å². The first-order valence-corrected chi connectivity index (χ1v) is 9.78. The molecule has 0 heterocycles. The summed E-state index contributed by atoms with van der Waals surface area (Å²) in [7, 11) is 0. The van der Waals surface area contributed by atoms with Crippen molar-refractivity contribution in [3.63, 3.8) is 0 Å². The van der Waals surface area contributed by atoms with Crippen molar-refractivity contribution in [3.8, 4) is 11.5 Å². The molecule has 0 radical (unpaired) electrons. The zero-order valence-corrected chi connectivity index (χ0v) is 17.2. The molecule has 1 atom stereocenters.